The maximum atomic E-state index is 2.99. The molecule has 0 radical (unpaired) electrons. The van der Waals surface area contributed by atoms with Crippen LogP contribution in [0.25, 0.3) is 21.5 Å². The first-order valence-electron chi connectivity index (χ1n) is 7.45. The molecule has 0 unspecified atom stereocenters. The molecule has 3 aromatic rings. The van der Waals surface area contributed by atoms with Gasteiger partial charge in [-0.1, -0.05) is 36.4 Å². The molecule has 0 spiro atoms. The number of hydrogen-bond acceptors (Lipinski definition) is 0. The second-order valence-electron chi connectivity index (χ2n) is 5.32. The van der Waals surface area contributed by atoms with Crippen LogP contribution in [-0.2, 0) is 17.6 Å². The third-order valence-corrected chi connectivity index (χ3v) is 3.11. The van der Waals surface area contributed by atoms with Gasteiger partial charge in [-0.2, -0.15) is 6.08 Å². The van der Waals surface area contributed by atoms with E-state index in [0.717, 1.165) is 6.42 Å². The monoisotopic (exact) mass is 452 g/mol. The van der Waals surface area contributed by atoms with Crippen LogP contribution in [-0.4, -0.2) is 11.0 Å². The van der Waals surface area contributed by atoms with Crippen molar-refractivity contribution < 1.29 is 42.4 Å². The summed E-state index contributed by atoms with van der Waals surface area (Å²) in [5, 5.41) is 5.39. The summed E-state index contributed by atoms with van der Waals surface area (Å²) in [6.07, 6.45) is 10.0. The minimum absolute atomic E-state index is 0. The summed E-state index contributed by atoms with van der Waals surface area (Å²) in [5.74, 6) is 4.67. The van der Waals surface area contributed by atoms with Crippen LogP contribution in [0.5, 0.6) is 0 Å². The first-order valence-corrected chi connectivity index (χ1v) is 16.8. The van der Waals surface area contributed by atoms with Crippen LogP contribution in [0.15, 0.2) is 72.8 Å². The van der Waals surface area contributed by atoms with Crippen LogP contribution in [0.3, 0.4) is 0 Å². The molecule has 0 atom stereocenters. The zero-order valence-corrected chi connectivity index (χ0v) is 19.1. The van der Waals surface area contributed by atoms with Crippen molar-refractivity contribution >= 4 is 32.5 Å². The van der Waals surface area contributed by atoms with Gasteiger partial charge in [-0.3, -0.25) is 6.08 Å². The number of hydrogen-bond donors (Lipinski definition) is 0. The molecule has 1 aliphatic rings. The number of halogens is 2. The molecule has 0 aliphatic heterocycles. The summed E-state index contributed by atoms with van der Waals surface area (Å²) in [5.41, 5.74) is 0. The first kappa shape index (κ1) is 23.6. The molecule has 1 aliphatic carbocycles. The number of benzene rings is 2. The predicted octanol–water partition coefficient (Wildman–Crippen LogP) is -0.190. The zero-order valence-electron chi connectivity index (χ0n) is 13.9. The zero-order chi connectivity index (χ0) is 15.8. The van der Waals surface area contributed by atoms with Crippen molar-refractivity contribution in [2.24, 2.45) is 0 Å². The van der Waals surface area contributed by atoms with Crippen LogP contribution < -0.4 is 24.8 Å². The van der Waals surface area contributed by atoms with E-state index in [-0.39, 0.29) is 35.8 Å². The van der Waals surface area contributed by atoms with E-state index in [0.29, 0.717) is 0 Å². The Bertz CT molecular complexity index is 754. The molecule has 0 amide bonds. The molecule has 0 N–H and O–H groups in total. The van der Waals surface area contributed by atoms with Gasteiger partial charge in [-0.25, -0.2) is 12.2 Å². The molecular formula is C20H20Cl2GeTi-2. The van der Waals surface area contributed by atoms with Gasteiger partial charge in [0.15, 0.2) is 0 Å². The van der Waals surface area contributed by atoms with Gasteiger partial charge in [-0.15, -0.1) is 46.2 Å². The van der Waals surface area contributed by atoms with Crippen molar-refractivity contribution in [2.75, 3.05) is 0 Å². The van der Waals surface area contributed by atoms with Crippen molar-refractivity contribution in [1.29, 1.82) is 0 Å². The molecule has 0 fully saturated rings. The minimum Gasteiger partial charge on any atom is -1.00 e. The Hall–Kier alpha value is -0.373. The smallest absolute Gasteiger partial charge is 0.0771 e. The van der Waals surface area contributed by atoms with Crippen LogP contribution in [0.1, 0.15) is 6.42 Å². The molecule has 0 nitrogen and oxygen atoms in total. The third-order valence-electron chi connectivity index (χ3n) is 3.11. The van der Waals surface area contributed by atoms with Gasteiger partial charge < -0.3 is 24.8 Å². The number of rotatable bonds is 0. The molecule has 0 aromatic heterocycles. The summed E-state index contributed by atoms with van der Waals surface area (Å²) in [6.45, 7) is 0. The SMILES string of the molecule is [C-]1=CC=CC1.[CH3][Ge]([CH3])=[Ti+2].[Cl-].[Cl-].c1ccc2c(c1)[cH-]c1ccccc12. The maximum absolute atomic E-state index is 2.99. The van der Waals surface area contributed by atoms with Crippen molar-refractivity contribution in [3.63, 3.8) is 0 Å². The average molecular weight is 452 g/mol. The van der Waals surface area contributed by atoms with E-state index in [1.807, 2.05) is 12.2 Å². The Morgan fingerprint density at radius 1 is 0.917 bits per heavy atom. The van der Waals surface area contributed by atoms with E-state index in [2.05, 4.69) is 95.9 Å². The Morgan fingerprint density at radius 3 is 1.71 bits per heavy atom. The molecule has 0 saturated heterocycles. The van der Waals surface area contributed by atoms with Crippen LogP contribution in [0, 0.1) is 6.08 Å². The molecule has 0 saturated carbocycles. The Labute approximate surface area is 170 Å². The summed E-state index contributed by atoms with van der Waals surface area (Å²) in [6, 6.07) is 19.3. The Balaban J connectivity index is 0.000000409. The van der Waals surface area contributed by atoms with Crippen molar-refractivity contribution in [2.45, 2.75) is 17.9 Å². The summed E-state index contributed by atoms with van der Waals surface area (Å²) in [7, 11) is -0.333. The average Bonchev–Trinajstić information content (AvgIpc) is 3.18. The van der Waals surface area contributed by atoms with Crippen molar-refractivity contribution in [1.82, 2.24) is 0 Å². The Morgan fingerprint density at radius 2 is 1.38 bits per heavy atom. The molecule has 124 valence electrons. The number of allylic oxidation sites excluding steroid dienone is 4. The molecule has 4 heteroatoms. The van der Waals surface area contributed by atoms with E-state index in [4.69, 9.17) is 0 Å². The quantitative estimate of drug-likeness (QED) is 0.328. The van der Waals surface area contributed by atoms with Gasteiger partial charge in [0.25, 0.3) is 0 Å². The summed E-state index contributed by atoms with van der Waals surface area (Å²) >= 11 is 2.33. The van der Waals surface area contributed by atoms with Gasteiger partial charge in [0.05, 0.1) is 0 Å². The van der Waals surface area contributed by atoms with E-state index in [1.54, 1.807) is 0 Å². The molecule has 4 rings (SSSR count). The van der Waals surface area contributed by atoms with Gasteiger partial charge in [0, 0.05) is 0 Å². The minimum atomic E-state index is -0.333. The van der Waals surface area contributed by atoms with Crippen LogP contribution in [0.2, 0.25) is 11.5 Å². The standard InChI is InChI=1S/C13H9.C5H5.C2H6Ge.2ClH.Ti/c1-3-7-12-10(5-1)9-11-6-2-4-8-13(11)12;1-2-4-5-3-1;1-3-2;;;/h1-9H;1-3H,4H2;1-2H3;2*1H;/q2*-1;;;;+2/p-2. The molecule has 0 bridgehead atoms. The topological polar surface area (TPSA) is 0 Å². The van der Waals surface area contributed by atoms with E-state index < -0.39 is 0 Å². The van der Waals surface area contributed by atoms with E-state index in [1.165, 1.54) is 21.5 Å². The third kappa shape index (κ3) is 7.67. The summed E-state index contributed by atoms with van der Waals surface area (Å²) < 4.78 is 0. The predicted molar refractivity (Wildman–Crippen MR) is 96.1 cm³/mol. The summed E-state index contributed by atoms with van der Waals surface area (Å²) in [4.78, 5) is 0. The van der Waals surface area contributed by atoms with Gasteiger partial charge in [-0.05, 0) is 0 Å². The molecular weight excluding hydrogens is 432 g/mol. The Kier molecular flexibility index (Phi) is 12.7. The van der Waals surface area contributed by atoms with E-state index >= 15 is 0 Å². The van der Waals surface area contributed by atoms with Crippen molar-refractivity contribution in [3.05, 3.63) is 78.9 Å². The van der Waals surface area contributed by atoms with Crippen LogP contribution >= 0.6 is 0 Å². The second kappa shape index (κ2) is 12.9. The van der Waals surface area contributed by atoms with E-state index in [9.17, 15) is 0 Å². The van der Waals surface area contributed by atoms with Gasteiger partial charge in [0.2, 0.25) is 0 Å². The fraction of sp³-hybridized carbons (Fsp3) is 0.150. The normalized spacial score (nSPS) is 10.8. The maximum Gasteiger partial charge on any atom is -0.0771 e. The van der Waals surface area contributed by atoms with Crippen LogP contribution in [0.4, 0.5) is 0 Å². The van der Waals surface area contributed by atoms with Crippen molar-refractivity contribution in [3.8, 4) is 0 Å². The van der Waals surface area contributed by atoms with Gasteiger partial charge >= 0.3 is 40.1 Å². The number of fused-ring (bicyclic) bond motifs is 3. The molecule has 0 heterocycles. The molecule has 3 aromatic carbocycles. The van der Waals surface area contributed by atoms with Gasteiger partial charge in [0.1, 0.15) is 0 Å². The fourth-order valence-corrected chi connectivity index (χ4v) is 2.24. The second-order valence-corrected chi connectivity index (χ2v) is 17.6. The largest absolute Gasteiger partial charge is 1.00 e. The first-order chi connectivity index (χ1) is 10.7. The fourth-order valence-electron chi connectivity index (χ4n) is 2.24. The molecule has 24 heavy (non-hydrogen) atoms.